The molecule has 0 aliphatic carbocycles. The highest BCUT2D eigenvalue weighted by Crippen LogP contribution is 2.36. The van der Waals surface area contributed by atoms with Crippen LogP contribution in [0.15, 0.2) is 53.4 Å². The van der Waals surface area contributed by atoms with Gasteiger partial charge in [-0.3, -0.25) is 20.2 Å². The van der Waals surface area contributed by atoms with Crippen LogP contribution < -0.4 is 14.8 Å². The molecule has 11 nitrogen and oxygen atoms in total. The molecule has 2 aromatic rings. The SMILES string of the molecule is C=C1C[C@@H](CO)N(C(=O)c2cc(OC)c(OC)cc2NC(=O)OCCSSc2ccc([N+](=O)[O-])cc2)C1. The van der Waals surface area contributed by atoms with Crippen LogP contribution in [0.2, 0.25) is 0 Å². The number of non-ortho nitro benzene ring substituents is 1. The van der Waals surface area contributed by atoms with E-state index in [-0.39, 0.29) is 30.2 Å². The van der Waals surface area contributed by atoms with Crippen molar-refractivity contribution in [3.8, 4) is 11.5 Å². The number of rotatable bonds is 11. The number of nitrogens with one attached hydrogen (secondary N) is 1. The third kappa shape index (κ3) is 7.31. The Balaban J connectivity index is 1.62. The fraction of sp³-hybridized carbons (Fsp3) is 0.333. The molecule has 1 fully saturated rings. The molecule has 0 aromatic heterocycles. The van der Waals surface area contributed by atoms with E-state index < -0.39 is 23.0 Å². The van der Waals surface area contributed by atoms with Gasteiger partial charge in [0.1, 0.15) is 6.61 Å². The standard InChI is InChI=1S/C24H27N3O8S2/c1-15-10-17(14-28)26(13-15)23(29)19-11-21(33-2)22(34-3)12-20(19)25-24(30)35-8-9-36-37-18-6-4-16(5-7-18)27(31)32/h4-7,11-12,17,28H,1,8-10,13-14H2,2-3H3,(H,25,30)/t17-/m0/s1. The number of carbonyl (C=O) groups excluding carboxylic acids is 2. The van der Waals surface area contributed by atoms with Gasteiger partial charge >= 0.3 is 6.09 Å². The Labute approximate surface area is 221 Å². The first-order valence-electron chi connectivity index (χ1n) is 11.1. The van der Waals surface area contributed by atoms with Gasteiger partial charge in [-0.15, -0.1) is 0 Å². The Morgan fingerprint density at radius 3 is 2.51 bits per heavy atom. The first kappa shape index (κ1) is 28.2. The highest BCUT2D eigenvalue weighted by molar-refractivity contribution is 8.76. The number of aliphatic hydroxyl groups is 1. The van der Waals surface area contributed by atoms with Gasteiger partial charge in [0.15, 0.2) is 11.5 Å². The van der Waals surface area contributed by atoms with Gasteiger partial charge < -0.3 is 24.2 Å². The largest absolute Gasteiger partial charge is 0.493 e. The van der Waals surface area contributed by atoms with Crippen molar-refractivity contribution < 1.29 is 33.8 Å². The molecule has 13 heteroatoms. The van der Waals surface area contributed by atoms with E-state index in [9.17, 15) is 24.8 Å². The summed E-state index contributed by atoms with van der Waals surface area (Å²) in [6, 6.07) is 8.70. The van der Waals surface area contributed by atoms with E-state index in [1.807, 2.05) is 0 Å². The summed E-state index contributed by atoms with van der Waals surface area (Å²) < 4.78 is 15.9. The molecule has 1 aliphatic heterocycles. The summed E-state index contributed by atoms with van der Waals surface area (Å²) in [5, 5.41) is 23.0. The fourth-order valence-corrected chi connectivity index (χ4v) is 5.45. The molecule has 1 heterocycles. The maximum absolute atomic E-state index is 13.4. The Bertz CT molecular complexity index is 1160. The number of nitro groups is 1. The molecule has 2 N–H and O–H groups in total. The van der Waals surface area contributed by atoms with Crippen molar-refractivity contribution in [2.75, 3.05) is 45.0 Å². The summed E-state index contributed by atoms with van der Waals surface area (Å²) in [4.78, 5) is 38.5. The highest BCUT2D eigenvalue weighted by Gasteiger charge is 2.33. The van der Waals surface area contributed by atoms with E-state index in [0.717, 1.165) is 10.5 Å². The quantitative estimate of drug-likeness (QED) is 0.137. The average Bonchev–Trinajstić information content (AvgIpc) is 3.28. The lowest BCUT2D eigenvalue weighted by Gasteiger charge is -2.24. The molecule has 1 saturated heterocycles. The number of anilines is 1. The molecule has 0 bridgehead atoms. The second-order valence-corrected chi connectivity index (χ2v) is 10.4. The maximum atomic E-state index is 13.4. The Hall–Kier alpha value is -3.42. The van der Waals surface area contributed by atoms with Crippen molar-refractivity contribution >= 4 is 45.0 Å². The lowest BCUT2D eigenvalue weighted by Crippen LogP contribution is -2.38. The van der Waals surface area contributed by atoms with Crippen LogP contribution >= 0.6 is 21.6 Å². The summed E-state index contributed by atoms with van der Waals surface area (Å²) in [7, 11) is 5.70. The molecule has 2 amide bonds. The Morgan fingerprint density at radius 2 is 1.89 bits per heavy atom. The van der Waals surface area contributed by atoms with Crippen LogP contribution in [-0.4, -0.2) is 72.7 Å². The molecular weight excluding hydrogens is 522 g/mol. The Morgan fingerprint density at radius 1 is 1.22 bits per heavy atom. The molecule has 0 unspecified atom stereocenters. The zero-order chi connectivity index (χ0) is 26.9. The second-order valence-electron chi connectivity index (χ2n) is 7.89. The van der Waals surface area contributed by atoms with Gasteiger partial charge in [0.25, 0.3) is 11.6 Å². The van der Waals surface area contributed by atoms with Crippen molar-refractivity contribution in [2.24, 2.45) is 0 Å². The van der Waals surface area contributed by atoms with Crippen molar-refractivity contribution in [1.29, 1.82) is 0 Å². The van der Waals surface area contributed by atoms with E-state index in [4.69, 9.17) is 14.2 Å². The van der Waals surface area contributed by atoms with E-state index in [1.165, 1.54) is 65.0 Å². The Kier molecular flexibility index (Phi) is 10.1. The predicted octanol–water partition coefficient (Wildman–Crippen LogP) is 4.36. The fourth-order valence-electron chi connectivity index (χ4n) is 3.64. The molecule has 37 heavy (non-hydrogen) atoms. The number of nitrogens with zero attached hydrogens (tertiary/aromatic N) is 2. The molecule has 1 aliphatic rings. The number of ether oxygens (including phenoxy) is 3. The lowest BCUT2D eigenvalue weighted by atomic mass is 10.1. The molecule has 0 saturated carbocycles. The van der Waals surface area contributed by atoms with Crippen molar-refractivity contribution in [3.63, 3.8) is 0 Å². The number of carbonyl (C=O) groups is 2. The van der Waals surface area contributed by atoms with E-state index >= 15 is 0 Å². The van der Waals surface area contributed by atoms with E-state index in [2.05, 4.69) is 11.9 Å². The smallest absolute Gasteiger partial charge is 0.411 e. The van der Waals surface area contributed by atoms with Crippen molar-refractivity contribution in [1.82, 2.24) is 4.90 Å². The summed E-state index contributed by atoms with van der Waals surface area (Å²) in [5.41, 5.74) is 1.18. The summed E-state index contributed by atoms with van der Waals surface area (Å²) >= 11 is 0. The molecule has 2 aromatic carbocycles. The van der Waals surface area contributed by atoms with Gasteiger partial charge in [-0.2, -0.15) is 0 Å². The number of hydrogen-bond donors (Lipinski definition) is 2. The zero-order valence-corrected chi connectivity index (χ0v) is 21.9. The number of amides is 2. The van der Waals surface area contributed by atoms with Crippen LogP contribution in [-0.2, 0) is 4.74 Å². The van der Waals surface area contributed by atoms with Crippen molar-refractivity contribution in [3.05, 3.63) is 64.2 Å². The van der Waals surface area contributed by atoms with Crippen LogP contribution in [0.4, 0.5) is 16.2 Å². The van der Waals surface area contributed by atoms with Crippen LogP contribution in [0.5, 0.6) is 11.5 Å². The van der Waals surface area contributed by atoms with Gasteiger partial charge in [-0.05, 0) is 24.6 Å². The predicted molar refractivity (Wildman–Crippen MR) is 142 cm³/mol. The number of nitro benzene ring substituents is 1. The van der Waals surface area contributed by atoms with Crippen molar-refractivity contribution in [2.45, 2.75) is 17.4 Å². The van der Waals surface area contributed by atoms with E-state index in [0.29, 0.717) is 30.2 Å². The third-order valence-corrected chi connectivity index (χ3v) is 7.77. The van der Waals surface area contributed by atoms with Gasteiger partial charge in [-0.25, -0.2) is 4.79 Å². The van der Waals surface area contributed by atoms with E-state index in [1.54, 1.807) is 12.1 Å². The molecule has 0 spiro atoms. The van der Waals surface area contributed by atoms with Crippen LogP contribution in [0, 0.1) is 10.1 Å². The molecule has 1 atom stereocenters. The minimum Gasteiger partial charge on any atom is -0.493 e. The highest BCUT2D eigenvalue weighted by atomic mass is 33.1. The second kappa shape index (κ2) is 13.2. The topological polar surface area (TPSA) is 140 Å². The van der Waals surface area contributed by atoms with Gasteiger partial charge in [0.2, 0.25) is 0 Å². The lowest BCUT2D eigenvalue weighted by molar-refractivity contribution is -0.384. The van der Waals surface area contributed by atoms with Gasteiger partial charge in [-0.1, -0.05) is 33.7 Å². The third-order valence-electron chi connectivity index (χ3n) is 5.42. The minimum absolute atomic E-state index is 0.0175. The number of methoxy groups -OCH3 is 2. The number of likely N-dealkylation sites (tertiary alicyclic amines) is 1. The molecule has 198 valence electrons. The summed E-state index contributed by atoms with van der Waals surface area (Å²) in [6.45, 7) is 4.10. The molecule has 0 radical (unpaired) electrons. The van der Waals surface area contributed by atoms with Gasteiger partial charge in [0, 0.05) is 35.4 Å². The van der Waals surface area contributed by atoms with Crippen LogP contribution in [0.25, 0.3) is 0 Å². The normalized spacial score (nSPS) is 14.8. The number of benzene rings is 2. The minimum atomic E-state index is -0.758. The number of aliphatic hydroxyl groups excluding tert-OH is 1. The first-order chi connectivity index (χ1) is 17.8. The number of hydrogen-bond acceptors (Lipinski definition) is 10. The van der Waals surface area contributed by atoms with Crippen LogP contribution in [0.3, 0.4) is 0 Å². The monoisotopic (exact) mass is 549 g/mol. The zero-order valence-electron chi connectivity index (χ0n) is 20.3. The summed E-state index contributed by atoms with van der Waals surface area (Å²) in [6.07, 6.45) is -0.262. The maximum Gasteiger partial charge on any atom is 0.411 e. The molecular formula is C24H27N3O8S2. The average molecular weight is 550 g/mol. The molecule has 3 rings (SSSR count). The van der Waals surface area contributed by atoms with Gasteiger partial charge in [0.05, 0.1) is 43.0 Å². The first-order valence-corrected chi connectivity index (χ1v) is 13.4. The summed E-state index contributed by atoms with van der Waals surface area (Å²) in [5.74, 6) is 0.682. The van der Waals surface area contributed by atoms with Crippen LogP contribution in [0.1, 0.15) is 16.8 Å².